The average Bonchev–Trinajstić information content (AvgIpc) is 3.50. The highest BCUT2D eigenvalue weighted by Crippen LogP contribution is 2.68. The molecule has 9 unspecified atom stereocenters. The van der Waals surface area contributed by atoms with Crippen LogP contribution in [0.3, 0.4) is 0 Å². The van der Waals surface area contributed by atoms with E-state index in [-0.39, 0.29) is 24.5 Å². The van der Waals surface area contributed by atoms with E-state index in [1.165, 1.54) is 135 Å². The van der Waals surface area contributed by atoms with E-state index in [0.717, 1.165) is 49.9 Å². The zero-order valence-electron chi connectivity index (χ0n) is 35.8. The average molecular weight is 790 g/mol. The Morgan fingerprint density at radius 2 is 1.36 bits per heavy atom. The molecule has 0 radical (unpaired) electrons. The Morgan fingerprint density at radius 3 is 2.02 bits per heavy atom. The number of fused-ring (bicyclic) bond motifs is 5. The third kappa shape index (κ3) is 14.4. The number of ether oxygens (including phenoxy) is 1. The van der Waals surface area contributed by atoms with Gasteiger partial charge in [0.05, 0.1) is 5.75 Å². The molecule has 8 heteroatoms. The Balaban J connectivity index is 1.06. The van der Waals surface area contributed by atoms with Gasteiger partial charge in [0.15, 0.2) is 0 Å². The first kappa shape index (κ1) is 46.3. The van der Waals surface area contributed by atoms with E-state index in [1.54, 1.807) is 0 Å². The minimum atomic E-state index is -4.06. The van der Waals surface area contributed by atoms with Crippen LogP contribution in [0.2, 0.25) is 0 Å². The second-order valence-corrected chi connectivity index (χ2v) is 20.9. The van der Waals surface area contributed by atoms with E-state index in [2.05, 4.69) is 45.2 Å². The maximum atomic E-state index is 12.9. The van der Waals surface area contributed by atoms with Gasteiger partial charge in [-0.05, 0) is 143 Å². The zero-order valence-corrected chi connectivity index (χ0v) is 36.6. The van der Waals surface area contributed by atoms with Crippen molar-refractivity contribution < 1.29 is 27.3 Å². The molecule has 4 aliphatic rings. The van der Waals surface area contributed by atoms with Gasteiger partial charge in [-0.1, -0.05) is 110 Å². The maximum absolute atomic E-state index is 12.9. The van der Waals surface area contributed by atoms with Crippen LogP contribution in [-0.4, -0.2) is 43.2 Å². The summed E-state index contributed by atoms with van der Waals surface area (Å²) in [6.45, 7) is 9.69. The van der Waals surface area contributed by atoms with Gasteiger partial charge >= 0.3 is 5.97 Å². The lowest BCUT2D eigenvalue weighted by Gasteiger charge is -2.61. The largest absolute Gasteiger partial charge is 0.462 e. The molecule has 4 saturated carbocycles. The van der Waals surface area contributed by atoms with Crippen LogP contribution in [0.4, 0.5) is 0 Å². The molecule has 2 N–H and O–H groups in total. The first-order valence-electron chi connectivity index (χ1n) is 23.4. The molecule has 0 aromatic carbocycles. The third-order valence-corrected chi connectivity index (χ3v) is 16.3. The normalized spacial score (nSPS) is 31.1. The minimum absolute atomic E-state index is 0.0284. The maximum Gasteiger partial charge on any atom is 0.306 e. The highest BCUT2D eigenvalue weighted by Gasteiger charge is 2.60. The van der Waals surface area contributed by atoms with Gasteiger partial charge in [-0.3, -0.25) is 14.1 Å². The molecule has 1 amide bonds. The molecule has 0 aliphatic heterocycles. The summed E-state index contributed by atoms with van der Waals surface area (Å²) in [4.78, 5) is 25.3. The van der Waals surface area contributed by atoms with Gasteiger partial charge in [0.25, 0.3) is 10.1 Å². The molecule has 0 bridgehead atoms. The molecule has 7 nitrogen and oxygen atoms in total. The van der Waals surface area contributed by atoms with Crippen molar-refractivity contribution in [1.82, 2.24) is 5.32 Å². The summed E-state index contributed by atoms with van der Waals surface area (Å²) in [6, 6.07) is 0. The monoisotopic (exact) mass is 790 g/mol. The Hall–Kier alpha value is -1.41. The second-order valence-electron chi connectivity index (χ2n) is 19.3. The van der Waals surface area contributed by atoms with Gasteiger partial charge < -0.3 is 10.1 Å². The lowest BCUT2D eigenvalue weighted by molar-refractivity contribution is -0.162. The Morgan fingerprint density at radius 1 is 0.764 bits per heavy atom. The fourth-order valence-corrected chi connectivity index (χ4v) is 12.7. The van der Waals surface area contributed by atoms with Crippen LogP contribution in [0.25, 0.3) is 0 Å². The summed E-state index contributed by atoms with van der Waals surface area (Å²) in [5.74, 6) is 3.47. The fourth-order valence-electron chi connectivity index (χ4n) is 12.4. The van der Waals surface area contributed by atoms with E-state index >= 15 is 0 Å². The van der Waals surface area contributed by atoms with E-state index in [4.69, 9.17) is 9.29 Å². The molecule has 55 heavy (non-hydrogen) atoms. The number of allylic oxidation sites excluding steroid dienone is 2. The molecule has 4 aliphatic carbocycles. The number of esters is 1. The van der Waals surface area contributed by atoms with Gasteiger partial charge in [0.1, 0.15) is 6.10 Å². The number of hydrogen-bond donors (Lipinski definition) is 2. The summed E-state index contributed by atoms with van der Waals surface area (Å²) in [7, 11) is -4.06. The lowest BCUT2D eigenvalue weighted by atomic mass is 9.44. The van der Waals surface area contributed by atoms with Gasteiger partial charge in [-0.2, -0.15) is 8.42 Å². The van der Waals surface area contributed by atoms with Crippen molar-refractivity contribution in [2.24, 2.45) is 46.3 Å². The van der Waals surface area contributed by atoms with Crippen molar-refractivity contribution in [1.29, 1.82) is 0 Å². The van der Waals surface area contributed by atoms with Crippen molar-refractivity contribution >= 4 is 22.0 Å². The summed E-state index contributed by atoms with van der Waals surface area (Å²) >= 11 is 0. The lowest BCUT2D eigenvalue weighted by Crippen LogP contribution is -2.54. The van der Waals surface area contributed by atoms with E-state index in [1.807, 2.05) is 0 Å². The molecule has 4 fully saturated rings. The van der Waals surface area contributed by atoms with Crippen LogP contribution >= 0.6 is 0 Å². The SMILES string of the molecule is CCCCCCCCC/C=C\CCCCCCCCCC(=O)OC1CCC2(C)C(CCC3C2CCC2(C)C(C(C)CCC(=O)NCCS(=O)(=O)O)CCC32)C1. The molecular weight excluding hydrogens is 707 g/mol. The van der Waals surface area contributed by atoms with Crippen molar-refractivity contribution in [3.05, 3.63) is 12.2 Å². The molecular formula is C47H83NO6S. The number of carbonyl (C=O) groups excluding carboxylic acids is 2. The van der Waals surface area contributed by atoms with E-state index in [9.17, 15) is 18.0 Å². The molecule has 9 atom stereocenters. The second kappa shape index (κ2) is 23.2. The third-order valence-electron chi connectivity index (χ3n) is 15.6. The summed E-state index contributed by atoms with van der Waals surface area (Å²) in [6.07, 6.45) is 38.3. The summed E-state index contributed by atoms with van der Waals surface area (Å²) in [5, 5.41) is 2.66. The quantitative estimate of drug-likeness (QED) is 0.0391. The van der Waals surface area contributed by atoms with Crippen LogP contribution in [-0.2, 0) is 24.4 Å². The van der Waals surface area contributed by atoms with Gasteiger partial charge in [0, 0.05) is 19.4 Å². The number of nitrogens with one attached hydrogen (secondary N) is 1. The molecule has 0 heterocycles. The van der Waals surface area contributed by atoms with Gasteiger partial charge in [0.2, 0.25) is 5.91 Å². The van der Waals surface area contributed by atoms with Crippen LogP contribution in [0.15, 0.2) is 12.2 Å². The number of amides is 1. The number of rotatable bonds is 26. The van der Waals surface area contributed by atoms with Crippen molar-refractivity contribution in [3.63, 3.8) is 0 Å². The first-order valence-corrected chi connectivity index (χ1v) is 25.0. The molecule has 318 valence electrons. The molecule has 4 rings (SSSR count). The van der Waals surface area contributed by atoms with Crippen molar-refractivity contribution in [2.75, 3.05) is 12.3 Å². The van der Waals surface area contributed by atoms with Crippen LogP contribution in [0, 0.1) is 46.3 Å². The van der Waals surface area contributed by atoms with Crippen LogP contribution < -0.4 is 5.32 Å². The zero-order chi connectivity index (χ0) is 39.7. The minimum Gasteiger partial charge on any atom is -0.462 e. The number of hydrogen-bond acceptors (Lipinski definition) is 5. The molecule has 0 aromatic heterocycles. The smallest absolute Gasteiger partial charge is 0.306 e. The predicted octanol–water partition coefficient (Wildman–Crippen LogP) is 12.2. The van der Waals surface area contributed by atoms with Gasteiger partial charge in [-0.15, -0.1) is 0 Å². The standard InChI is InChI=1S/C47H83NO6S/c1-5-6-7-8-9-10-11-12-13-14-15-16-17-18-19-20-21-22-23-45(50)54-39-30-32-46(3)38(36-39)25-26-40-42-28-27-41(47(42,4)33-31-43(40)46)37(2)24-29-44(49)48-34-35-55(51,52)53/h13-14,37-43H,5-12,15-36H2,1-4H3,(H,48,49)(H,51,52,53)/b14-13-. The molecule has 0 saturated heterocycles. The summed E-state index contributed by atoms with van der Waals surface area (Å²) < 4.78 is 37.0. The summed E-state index contributed by atoms with van der Waals surface area (Å²) in [5.41, 5.74) is 0.669. The topological polar surface area (TPSA) is 110 Å². The van der Waals surface area contributed by atoms with Crippen LogP contribution in [0.1, 0.15) is 207 Å². The Bertz CT molecular complexity index is 1280. The molecule has 0 aromatic rings. The predicted molar refractivity (Wildman–Crippen MR) is 226 cm³/mol. The van der Waals surface area contributed by atoms with E-state index in [0.29, 0.717) is 41.4 Å². The number of unbranched alkanes of at least 4 members (excludes halogenated alkanes) is 14. The van der Waals surface area contributed by atoms with E-state index < -0.39 is 15.9 Å². The fraction of sp³-hybridized carbons (Fsp3) is 0.915. The Labute approximate surface area is 337 Å². The number of carbonyl (C=O) groups is 2. The Kier molecular flexibility index (Phi) is 19.6. The van der Waals surface area contributed by atoms with Crippen molar-refractivity contribution in [2.45, 2.75) is 214 Å². The van der Waals surface area contributed by atoms with Gasteiger partial charge in [-0.25, -0.2) is 0 Å². The van der Waals surface area contributed by atoms with Crippen molar-refractivity contribution in [3.8, 4) is 0 Å². The highest BCUT2D eigenvalue weighted by molar-refractivity contribution is 7.85. The van der Waals surface area contributed by atoms with Crippen LogP contribution in [0.5, 0.6) is 0 Å². The first-order chi connectivity index (χ1) is 26.4. The molecule has 0 spiro atoms. The highest BCUT2D eigenvalue weighted by atomic mass is 32.2.